The molecule has 14 heavy (non-hydrogen) atoms. The summed E-state index contributed by atoms with van der Waals surface area (Å²) < 4.78 is 0. The van der Waals surface area contributed by atoms with Crippen LogP contribution in [-0.2, 0) is 6.42 Å². The number of nitrogens with two attached hydrogens (primary N) is 1. The van der Waals surface area contributed by atoms with Gasteiger partial charge in [0.2, 0.25) is 0 Å². The summed E-state index contributed by atoms with van der Waals surface area (Å²) in [6.45, 7) is 2.35. The minimum atomic E-state index is 0.338. The average molecular weight is 189 g/mol. The molecular formula is C13H19N. The second-order valence-electron chi connectivity index (χ2n) is 4.96. The van der Waals surface area contributed by atoms with Crippen LogP contribution in [0.2, 0.25) is 0 Å². The van der Waals surface area contributed by atoms with Crippen molar-refractivity contribution in [3.05, 3.63) is 35.9 Å². The zero-order chi connectivity index (χ0) is 10.0. The maximum Gasteiger partial charge on any atom is 0.00845 e. The van der Waals surface area contributed by atoms with Crippen LogP contribution in [0, 0.1) is 5.41 Å². The fourth-order valence-electron chi connectivity index (χ4n) is 2.04. The summed E-state index contributed by atoms with van der Waals surface area (Å²) in [6, 6.07) is 10.9. The van der Waals surface area contributed by atoms with E-state index in [0.717, 1.165) is 6.42 Å². The van der Waals surface area contributed by atoms with Crippen LogP contribution in [0.5, 0.6) is 0 Å². The van der Waals surface area contributed by atoms with Crippen molar-refractivity contribution in [3.8, 4) is 0 Å². The Bertz CT molecular complexity index is 287. The van der Waals surface area contributed by atoms with Gasteiger partial charge in [-0.2, -0.15) is 0 Å². The van der Waals surface area contributed by atoms with Gasteiger partial charge in [-0.3, -0.25) is 0 Å². The van der Waals surface area contributed by atoms with Gasteiger partial charge in [-0.05, 0) is 36.7 Å². The molecule has 1 aromatic rings. The van der Waals surface area contributed by atoms with Gasteiger partial charge in [0.1, 0.15) is 0 Å². The highest BCUT2D eigenvalue weighted by Crippen LogP contribution is 2.48. The van der Waals surface area contributed by atoms with Crippen LogP contribution in [0.25, 0.3) is 0 Å². The summed E-state index contributed by atoms with van der Waals surface area (Å²) in [5.74, 6) is 0. The second kappa shape index (κ2) is 3.74. The molecule has 0 saturated heterocycles. The third-order valence-electron chi connectivity index (χ3n) is 3.20. The Kier molecular flexibility index (Phi) is 2.60. The SMILES string of the molecule is CC1(CC(N)Cc2ccccc2)CC1. The zero-order valence-corrected chi connectivity index (χ0v) is 8.87. The fraction of sp³-hybridized carbons (Fsp3) is 0.538. The van der Waals surface area contributed by atoms with Crippen LogP contribution in [0.1, 0.15) is 31.7 Å². The monoisotopic (exact) mass is 189 g/mol. The van der Waals surface area contributed by atoms with Crippen molar-refractivity contribution in [1.29, 1.82) is 0 Å². The van der Waals surface area contributed by atoms with Crippen LogP contribution in [0.4, 0.5) is 0 Å². The lowest BCUT2D eigenvalue weighted by Crippen LogP contribution is -2.25. The van der Waals surface area contributed by atoms with E-state index in [0.29, 0.717) is 11.5 Å². The van der Waals surface area contributed by atoms with Crippen LogP contribution in [-0.4, -0.2) is 6.04 Å². The molecule has 76 valence electrons. The maximum absolute atomic E-state index is 6.13. The van der Waals surface area contributed by atoms with Crippen LogP contribution in [0.3, 0.4) is 0 Å². The third-order valence-corrected chi connectivity index (χ3v) is 3.20. The zero-order valence-electron chi connectivity index (χ0n) is 8.87. The van der Waals surface area contributed by atoms with Crippen molar-refractivity contribution in [2.24, 2.45) is 11.1 Å². The Labute approximate surface area is 86.3 Å². The van der Waals surface area contributed by atoms with Gasteiger partial charge in [-0.25, -0.2) is 0 Å². The quantitative estimate of drug-likeness (QED) is 0.774. The normalized spacial score (nSPS) is 20.4. The van der Waals surface area contributed by atoms with Gasteiger partial charge < -0.3 is 5.73 Å². The predicted molar refractivity (Wildman–Crippen MR) is 60.1 cm³/mol. The molecule has 0 amide bonds. The van der Waals surface area contributed by atoms with Crippen LogP contribution < -0.4 is 5.73 Å². The largest absolute Gasteiger partial charge is 0.327 e. The molecule has 0 heterocycles. The second-order valence-corrected chi connectivity index (χ2v) is 4.96. The van der Waals surface area contributed by atoms with Crippen molar-refractivity contribution in [2.75, 3.05) is 0 Å². The Balaban J connectivity index is 1.85. The maximum atomic E-state index is 6.13. The molecule has 0 spiro atoms. The van der Waals surface area contributed by atoms with Gasteiger partial charge in [0.25, 0.3) is 0 Å². The molecule has 1 aromatic carbocycles. The van der Waals surface area contributed by atoms with Crippen molar-refractivity contribution in [1.82, 2.24) is 0 Å². The Morgan fingerprint density at radius 1 is 1.29 bits per heavy atom. The highest BCUT2D eigenvalue weighted by molar-refractivity contribution is 5.16. The fourth-order valence-corrected chi connectivity index (χ4v) is 2.04. The van der Waals surface area contributed by atoms with Crippen LogP contribution in [0.15, 0.2) is 30.3 Å². The lowest BCUT2D eigenvalue weighted by molar-refractivity contribution is 0.445. The van der Waals surface area contributed by atoms with E-state index in [9.17, 15) is 0 Å². The first kappa shape index (κ1) is 9.72. The third kappa shape index (κ3) is 2.58. The first-order valence-corrected chi connectivity index (χ1v) is 5.47. The Hall–Kier alpha value is -0.820. The van der Waals surface area contributed by atoms with Crippen molar-refractivity contribution < 1.29 is 0 Å². The van der Waals surface area contributed by atoms with E-state index in [2.05, 4.69) is 37.3 Å². The lowest BCUT2D eigenvalue weighted by atomic mass is 9.95. The summed E-state index contributed by atoms with van der Waals surface area (Å²) in [4.78, 5) is 0. The molecule has 0 aliphatic heterocycles. The van der Waals surface area contributed by atoms with E-state index in [4.69, 9.17) is 5.73 Å². The first-order chi connectivity index (χ1) is 6.68. The molecule has 1 aliphatic carbocycles. The molecular weight excluding hydrogens is 170 g/mol. The summed E-state index contributed by atoms with van der Waals surface area (Å²) >= 11 is 0. The average Bonchev–Trinajstić information content (AvgIpc) is 2.84. The van der Waals surface area contributed by atoms with Crippen LogP contribution >= 0.6 is 0 Å². The minimum absolute atomic E-state index is 0.338. The lowest BCUT2D eigenvalue weighted by Gasteiger charge is -2.15. The van der Waals surface area contributed by atoms with Gasteiger partial charge in [0, 0.05) is 6.04 Å². The highest BCUT2D eigenvalue weighted by atomic mass is 14.6. The molecule has 2 N–H and O–H groups in total. The van der Waals surface area contributed by atoms with E-state index < -0.39 is 0 Å². The van der Waals surface area contributed by atoms with Gasteiger partial charge in [0.05, 0.1) is 0 Å². The van der Waals surface area contributed by atoms with E-state index in [1.165, 1.54) is 24.8 Å². The summed E-state index contributed by atoms with van der Waals surface area (Å²) in [7, 11) is 0. The Morgan fingerprint density at radius 2 is 1.93 bits per heavy atom. The van der Waals surface area contributed by atoms with E-state index >= 15 is 0 Å². The van der Waals surface area contributed by atoms with Gasteiger partial charge in [-0.15, -0.1) is 0 Å². The molecule has 1 unspecified atom stereocenters. The van der Waals surface area contributed by atoms with E-state index in [1.54, 1.807) is 0 Å². The summed E-state index contributed by atoms with van der Waals surface area (Å²) in [5, 5.41) is 0. The van der Waals surface area contributed by atoms with Gasteiger partial charge >= 0.3 is 0 Å². The minimum Gasteiger partial charge on any atom is -0.327 e. The predicted octanol–water partition coefficient (Wildman–Crippen LogP) is 2.75. The van der Waals surface area contributed by atoms with Crippen molar-refractivity contribution in [3.63, 3.8) is 0 Å². The topological polar surface area (TPSA) is 26.0 Å². The van der Waals surface area contributed by atoms with Crippen molar-refractivity contribution in [2.45, 2.75) is 38.6 Å². The van der Waals surface area contributed by atoms with Crippen molar-refractivity contribution >= 4 is 0 Å². The standard InChI is InChI=1S/C13H19N/c1-13(7-8-13)10-12(14)9-11-5-3-2-4-6-11/h2-6,12H,7-10,14H2,1H3. The number of hydrogen-bond donors (Lipinski definition) is 1. The molecule has 0 bridgehead atoms. The van der Waals surface area contributed by atoms with E-state index in [1.807, 2.05) is 0 Å². The summed E-state index contributed by atoms with van der Waals surface area (Å²) in [5.41, 5.74) is 8.07. The summed E-state index contributed by atoms with van der Waals surface area (Å²) in [6.07, 6.45) is 4.95. The molecule has 1 saturated carbocycles. The molecule has 0 radical (unpaired) electrons. The molecule has 1 heteroatoms. The van der Waals surface area contributed by atoms with Gasteiger partial charge in [-0.1, -0.05) is 37.3 Å². The molecule has 1 nitrogen and oxygen atoms in total. The number of benzene rings is 1. The Morgan fingerprint density at radius 3 is 2.50 bits per heavy atom. The van der Waals surface area contributed by atoms with E-state index in [-0.39, 0.29) is 0 Å². The molecule has 2 rings (SSSR count). The highest BCUT2D eigenvalue weighted by Gasteiger charge is 2.38. The number of hydrogen-bond acceptors (Lipinski definition) is 1. The smallest absolute Gasteiger partial charge is 0.00845 e. The number of rotatable bonds is 4. The molecule has 1 atom stereocenters. The first-order valence-electron chi connectivity index (χ1n) is 5.47. The molecule has 1 fully saturated rings. The molecule has 1 aliphatic rings. The van der Waals surface area contributed by atoms with Gasteiger partial charge in [0.15, 0.2) is 0 Å². The molecule has 0 aromatic heterocycles.